The molecule has 0 spiro atoms. The van der Waals surface area contributed by atoms with Crippen molar-refractivity contribution in [3.05, 3.63) is 34.9 Å². The first-order valence-electron chi connectivity index (χ1n) is 6.78. The van der Waals surface area contributed by atoms with E-state index in [-0.39, 0.29) is 0 Å². The zero-order valence-corrected chi connectivity index (χ0v) is 12.3. The Hall–Kier alpha value is -1.31. The Morgan fingerprint density at radius 2 is 1.89 bits per heavy atom. The molecule has 0 aliphatic carbocycles. The molecule has 102 valence electrons. The minimum absolute atomic E-state index is 0.389. The maximum atomic E-state index is 11.3. The Bertz CT molecular complexity index is 359. The van der Waals surface area contributed by atoms with Gasteiger partial charge in [0.15, 0.2) is 0 Å². The molecule has 1 atom stereocenters. The van der Waals surface area contributed by atoms with Crippen LogP contribution in [0.25, 0.3) is 0 Å². The highest BCUT2D eigenvalue weighted by Gasteiger charge is 2.12. The third kappa shape index (κ3) is 5.85. The van der Waals surface area contributed by atoms with Gasteiger partial charge in [0.05, 0.1) is 5.57 Å². The van der Waals surface area contributed by atoms with Gasteiger partial charge in [-0.05, 0) is 31.3 Å². The van der Waals surface area contributed by atoms with E-state index >= 15 is 0 Å². The van der Waals surface area contributed by atoms with Crippen LogP contribution in [-0.4, -0.2) is 11.1 Å². The van der Waals surface area contributed by atoms with Crippen molar-refractivity contribution in [1.82, 2.24) is 0 Å². The number of carboxylic acids is 1. The van der Waals surface area contributed by atoms with E-state index < -0.39 is 5.97 Å². The van der Waals surface area contributed by atoms with E-state index in [1.165, 1.54) is 5.57 Å². The molecule has 0 saturated heterocycles. The quantitative estimate of drug-likeness (QED) is 0.523. The maximum absolute atomic E-state index is 11.3. The summed E-state index contributed by atoms with van der Waals surface area (Å²) in [6.45, 7) is 10.3. The van der Waals surface area contributed by atoms with Gasteiger partial charge in [-0.3, -0.25) is 0 Å². The number of allylic oxidation sites excluding steroid dienone is 4. The smallest absolute Gasteiger partial charge is 0.335 e. The van der Waals surface area contributed by atoms with E-state index in [0.29, 0.717) is 11.5 Å². The van der Waals surface area contributed by atoms with Crippen LogP contribution in [-0.2, 0) is 4.79 Å². The molecule has 18 heavy (non-hydrogen) atoms. The van der Waals surface area contributed by atoms with Gasteiger partial charge in [-0.2, -0.15) is 0 Å². The third-order valence-corrected chi connectivity index (χ3v) is 3.02. The van der Waals surface area contributed by atoms with Gasteiger partial charge in [-0.15, -0.1) is 0 Å². The second kappa shape index (κ2) is 8.73. The Labute approximate surface area is 111 Å². The Morgan fingerprint density at radius 1 is 1.28 bits per heavy atom. The van der Waals surface area contributed by atoms with Crippen molar-refractivity contribution in [2.24, 2.45) is 5.92 Å². The minimum Gasteiger partial charge on any atom is -0.478 e. The molecule has 2 heteroatoms. The molecular formula is C16H26O2. The maximum Gasteiger partial charge on any atom is 0.335 e. The van der Waals surface area contributed by atoms with E-state index in [4.69, 9.17) is 0 Å². The first-order chi connectivity index (χ1) is 8.46. The van der Waals surface area contributed by atoms with E-state index in [9.17, 15) is 9.90 Å². The summed E-state index contributed by atoms with van der Waals surface area (Å²) in [6, 6.07) is 0. The highest BCUT2D eigenvalue weighted by atomic mass is 16.4. The predicted octanol–water partition coefficient (Wildman–Crippen LogP) is 4.74. The SMILES string of the molecule is CC/C=C(/C(=O)O)C(=CC(C)CC)/C=C(\C)CC. The van der Waals surface area contributed by atoms with Crippen LogP contribution in [0, 0.1) is 5.92 Å². The van der Waals surface area contributed by atoms with Crippen LogP contribution in [0.3, 0.4) is 0 Å². The molecule has 0 saturated carbocycles. The van der Waals surface area contributed by atoms with Crippen LogP contribution in [0.2, 0.25) is 0 Å². The standard InChI is InChI=1S/C16H26O2/c1-6-9-15(16(17)18)14(10-12(4)7-2)11-13(5)8-3/h9-12H,6-8H2,1-5H3,(H,17,18)/b13-11+,14-10?,15-9+. The minimum atomic E-state index is -0.841. The summed E-state index contributed by atoms with van der Waals surface area (Å²) >= 11 is 0. The number of carbonyl (C=O) groups is 1. The Balaban J connectivity index is 5.52. The van der Waals surface area contributed by atoms with Gasteiger partial charge >= 0.3 is 5.97 Å². The molecule has 2 nitrogen and oxygen atoms in total. The number of carboxylic acid groups (broad SMARTS) is 1. The van der Waals surface area contributed by atoms with Gasteiger partial charge in [-0.25, -0.2) is 4.79 Å². The second-order valence-corrected chi connectivity index (χ2v) is 4.68. The summed E-state index contributed by atoms with van der Waals surface area (Å²) in [5, 5.41) is 9.31. The molecule has 0 fully saturated rings. The van der Waals surface area contributed by atoms with Crippen molar-refractivity contribution < 1.29 is 9.90 Å². The molecule has 0 aliphatic heterocycles. The molecule has 1 N–H and O–H groups in total. The third-order valence-electron chi connectivity index (χ3n) is 3.02. The van der Waals surface area contributed by atoms with Crippen LogP contribution in [0.15, 0.2) is 34.9 Å². The normalized spacial score (nSPS) is 15.7. The van der Waals surface area contributed by atoms with Crippen molar-refractivity contribution in [3.8, 4) is 0 Å². The summed E-state index contributed by atoms with van der Waals surface area (Å²) in [5.74, 6) is -0.452. The van der Waals surface area contributed by atoms with Crippen LogP contribution in [0.5, 0.6) is 0 Å². The zero-order valence-electron chi connectivity index (χ0n) is 12.3. The van der Waals surface area contributed by atoms with Gasteiger partial charge in [-0.1, -0.05) is 57.9 Å². The van der Waals surface area contributed by atoms with Gasteiger partial charge in [0.2, 0.25) is 0 Å². The molecule has 0 aromatic carbocycles. The molecule has 1 unspecified atom stereocenters. The van der Waals surface area contributed by atoms with Crippen molar-refractivity contribution >= 4 is 5.97 Å². The molecule has 0 rings (SSSR count). The summed E-state index contributed by atoms with van der Waals surface area (Å²) in [6.07, 6.45) is 8.55. The molecule has 0 aromatic rings. The average molecular weight is 250 g/mol. The Kier molecular flexibility index (Phi) is 8.10. The largest absolute Gasteiger partial charge is 0.478 e. The van der Waals surface area contributed by atoms with Crippen molar-refractivity contribution in [2.45, 2.75) is 53.9 Å². The van der Waals surface area contributed by atoms with Crippen LogP contribution in [0.1, 0.15) is 53.9 Å². The van der Waals surface area contributed by atoms with Gasteiger partial charge in [0.25, 0.3) is 0 Å². The number of hydrogen-bond donors (Lipinski definition) is 1. The highest BCUT2D eigenvalue weighted by molar-refractivity contribution is 5.92. The average Bonchev–Trinajstić information content (AvgIpc) is 2.34. The molecule has 0 aromatic heterocycles. The van der Waals surface area contributed by atoms with Crippen LogP contribution >= 0.6 is 0 Å². The monoisotopic (exact) mass is 250 g/mol. The predicted molar refractivity (Wildman–Crippen MR) is 77.6 cm³/mol. The summed E-state index contributed by atoms with van der Waals surface area (Å²) in [5.41, 5.74) is 2.47. The van der Waals surface area contributed by atoms with Crippen molar-refractivity contribution in [2.75, 3.05) is 0 Å². The lowest BCUT2D eigenvalue weighted by Gasteiger charge is -2.09. The molecule has 0 amide bonds. The first kappa shape index (κ1) is 16.7. The van der Waals surface area contributed by atoms with Gasteiger partial charge in [0, 0.05) is 0 Å². The van der Waals surface area contributed by atoms with E-state index in [2.05, 4.69) is 26.8 Å². The molecule has 0 heterocycles. The second-order valence-electron chi connectivity index (χ2n) is 4.68. The fraction of sp³-hybridized carbons (Fsp3) is 0.562. The zero-order chi connectivity index (χ0) is 14.1. The van der Waals surface area contributed by atoms with E-state index in [1.807, 2.05) is 19.9 Å². The summed E-state index contributed by atoms with van der Waals surface area (Å²) in [4.78, 5) is 11.3. The van der Waals surface area contributed by atoms with Crippen LogP contribution < -0.4 is 0 Å². The lowest BCUT2D eigenvalue weighted by atomic mass is 9.96. The first-order valence-corrected chi connectivity index (χ1v) is 6.78. The fourth-order valence-corrected chi connectivity index (χ4v) is 1.54. The van der Waals surface area contributed by atoms with E-state index in [1.54, 1.807) is 6.08 Å². The molecule has 0 bridgehead atoms. The van der Waals surface area contributed by atoms with Gasteiger partial charge in [0.1, 0.15) is 0 Å². The highest BCUT2D eigenvalue weighted by Crippen LogP contribution is 2.20. The lowest BCUT2D eigenvalue weighted by Crippen LogP contribution is -2.04. The molecule has 0 aliphatic rings. The van der Waals surface area contributed by atoms with Crippen LogP contribution in [0.4, 0.5) is 0 Å². The fourth-order valence-electron chi connectivity index (χ4n) is 1.54. The van der Waals surface area contributed by atoms with Gasteiger partial charge < -0.3 is 5.11 Å². The summed E-state index contributed by atoms with van der Waals surface area (Å²) in [7, 11) is 0. The van der Waals surface area contributed by atoms with Crippen molar-refractivity contribution in [1.29, 1.82) is 0 Å². The topological polar surface area (TPSA) is 37.3 Å². The number of rotatable bonds is 7. The summed E-state index contributed by atoms with van der Waals surface area (Å²) < 4.78 is 0. The molecule has 0 radical (unpaired) electrons. The van der Waals surface area contributed by atoms with E-state index in [0.717, 1.165) is 24.8 Å². The number of aliphatic carboxylic acids is 1. The lowest BCUT2D eigenvalue weighted by molar-refractivity contribution is -0.132. The van der Waals surface area contributed by atoms with Crippen molar-refractivity contribution in [3.63, 3.8) is 0 Å². The number of hydrogen-bond acceptors (Lipinski definition) is 1. The Morgan fingerprint density at radius 3 is 2.28 bits per heavy atom. The molecular weight excluding hydrogens is 224 g/mol.